The van der Waals surface area contributed by atoms with Crippen molar-refractivity contribution in [2.45, 2.75) is 238 Å². The number of aliphatic hydroxyl groups is 1. The maximum atomic E-state index is 12.9. The molecule has 11 nitrogen and oxygen atoms in total. The molecule has 0 aliphatic rings. The van der Waals surface area contributed by atoms with Crippen molar-refractivity contribution < 1.29 is 52.2 Å². The predicted octanol–water partition coefficient (Wildman–Crippen LogP) is 16.5. The summed E-state index contributed by atoms with van der Waals surface area (Å²) in [6.07, 6.45) is 62.4. The van der Waals surface area contributed by atoms with Crippen molar-refractivity contribution in [2.75, 3.05) is 26.4 Å². The Morgan fingerprint density at radius 2 is 0.736 bits per heavy atom. The van der Waals surface area contributed by atoms with E-state index in [1.165, 1.54) is 57.8 Å². The Labute approximate surface area is 438 Å². The summed E-state index contributed by atoms with van der Waals surface area (Å²) in [5.74, 6) is -1.56. The van der Waals surface area contributed by atoms with Gasteiger partial charge >= 0.3 is 25.7 Å². The van der Waals surface area contributed by atoms with E-state index >= 15 is 0 Å². The molecule has 2 N–H and O–H groups in total. The first-order valence-electron chi connectivity index (χ1n) is 28.1. The summed E-state index contributed by atoms with van der Waals surface area (Å²) in [6.45, 7) is 4.39. The van der Waals surface area contributed by atoms with Crippen molar-refractivity contribution in [3.8, 4) is 0 Å². The molecule has 0 saturated carbocycles. The fourth-order valence-corrected chi connectivity index (χ4v) is 8.00. The van der Waals surface area contributed by atoms with Crippen LogP contribution in [0.1, 0.15) is 226 Å². The highest BCUT2D eigenvalue weighted by atomic mass is 31.2. The summed E-state index contributed by atoms with van der Waals surface area (Å²) >= 11 is 0. The molecule has 0 aromatic carbocycles. The molecule has 0 saturated heterocycles. The van der Waals surface area contributed by atoms with Crippen LogP contribution in [0.4, 0.5) is 0 Å². The molecule has 0 rings (SSSR count). The molecule has 12 heteroatoms. The van der Waals surface area contributed by atoms with E-state index < -0.39 is 57.8 Å². The number of allylic oxidation sites excluding steroid dienone is 16. The zero-order valence-corrected chi connectivity index (χ0v) is 46.3. The second-order valence-electron chi connectivity index (χ2n) is 18.4. The average Bonchev–Trinajstić information content (AvgIpc) is 3.37. The van der Waals surface area contributed by atoms with E-state index in [0.29, 0.717) is 25.7 Å². The lowest BCUT2D eigenvalue weighted by atomic mass is 10.1. The minimum Gasteiger partial charge on any atom is -0.462 e. The Morgan fingerprint density at radius 3 is 1.19 bits per heavy atom. The Morgan fingerprint density at radius 1 is 0.403 bits per heavy atom. The standard InChI is InChI=1S/C60H101O11P/c1-4-7-10-13-16-19-21-23-25-27-28-30-31-33-35-38-40-43-46-49-58(62)67-53-57(71-60(64)51-48-45-42-39-36-34-32-29-26-24-22-20-17-14-11-8-5-2)55-69-72(65,66)68-54-56(52-61)70-59(63)50-47-44-41-37-18-15-12-9-6-3/h8,11,16-17,19-20,23-26,28,30,32,34,39,42,56-57,61H,4-7,9-10,12-15,18,21-22,27,29,31,33,35-38,40-41,43-55H2,1-3H3,(H,65,66)/b11-8-,19-16-,20-17-,25-23-,26-24-,30-28-,34-32-,42-39-. The van der Waals surface area contributed by atoms with Gasteiger partial charge in [0.15, 0.2) is 6.10 Å². The largest absolute Gasteiger partial charge is 0.472 e. The molecule has 0 spiro atoms. The third-order valence-corrected chi connectivity index (χ3v) is 12.4. The second-order valence-corrected chi connectivity index (χ2v) is 19.8. The fraction of sp³-hybridized carbons (Fsp3) is 0.683. The van der Waals surface area contributed by atoms with Crippen LogP contribution in [0, 0.1) is 0 Å². The maximum absolute atomic E-state index is 12.9. The number of aliphatic hydroxyl groups excluding tert-OH is 1. The molecule has 0 bridgehead atoms. The lowest BCUT2D eigenvalue weighted by molar-refractivity contribution is -0.161. The van der Waals surface area contributed by atoms with Gasteiger partial charge in [-0.1, -0.05) is 208 Å². The second kappa shape index (κ2) is 53.7. The number of unbranched alkanes of at least 4 members (excludes halogenated alkanes) is 18. The van der Waals surface area contributed by atoms with Gasteiger partial charge in [0.2, 0.25) is 0 Å². The lowest BCUT2D eigenvalue weighted by Crippen LogP contribution is -2.30. The summed E-state index contributed by atoms with van der Waals surface area (Å²) < 4.78 is 39.3. The van der Waals surface area contributed by atoms with Gasteiger partial charge in [-0.3, -0.25) is 23.4 Å². The van der Waals surface area contributed by atoms with Gasteiger partial charge < -0.3 is 24.2 Å². The quantitative estimate of drug-likeness (QED) is 0.0197. The first kappa shape index (κ1) is 68.4. The topological polar surface area (TPSA) is 155 Å². The van der Waals surface area contributed by atoms with Crippen LogP contribution in [0.15, 0.2) is 97.2 Å². The fourth-order valence-electron chi connectivity index (χ4n) is 7.22. The molecule has 0 heterocycles. The summed E-state index contributed by atoms with van der Waals surface area (Å²) in [7, 11) is -4.76. The molecule has 0 aliphatic heterocycles. The van der Waals surface area contributed by atoms with E-state index in [0.717, 1.165) is 103 Å². The summed E-state index contributed by atoms with van der Waals surface area (Å²) in [5.41, 5.74) is 0. The van der Waals surface area contributed by atoms with Gasteiger partial charge in [-0.05, 0) is 96.3 Å². The number of hydrogen-bond donors (Lipinski definition) is 2. The highest BCUT2D eigenvalue weighted by molar-refractivity contribution is 7.47. The molecule has 0 radical (unpaired) electrons. The van der Waals surface area contributed by atoms with Crippen molar-refractivity contribution in [2.24, 2.45) is 0 Å². The summed E-state index contributed by atoms with van der Waals surface area (Å²) in [4.78, 5) is 48.4. The van der Waals surface area contributed by atoms with Gasteiger partial charge in [-0.25, -0.2) is 4.57 Å². The average molecular weight is 1030 g/mol. The van der Waals surface area contributed by atoms with Gasteiger partial charge in [0.25, 0.3) is 0 Å². The van der Waals surface area contributed by atoms with Crippen LogP contribution in [0.25, 0.3) is 0 Å². The first-order chi connectivity index (χ1) is 35.2. The number of carbonyl (C=O) groups is 3. The maximum Gasteiger partial charge on any atom is 0.472 e. The SMILES string of the molecule is CC/C=C\C/C=C\C/C=C\C/C=C\C/C=C\CCCC(=O)OC(COC(=O)CCCCCCCC/C=C\C/C=C\C/C=C\CCCCC)COP(=O)(O)OCC(CO)OC(=O)CCCCCCCCCCC. The molecular formula is C60H101O11P. The molecule has 3 atom stereocenters. The highest BCUT2D eigenvalue weighted by Gasteiger charge is 2.28. The van der Waals surface area contributed by atoms with Crippen LogP contribution in [-0.2, 0) is 42.2 Å². The number of phosphoric acid groups is 1. The molecule has 0 aromatic rings. The normalized spacial score (nSPS) is 14.1. The number of hydrogen-bond acceptors (Lipinski definition) is 10. The smallest absolute Gasteiger partial charge is 0.462 e. The Bertz CT molecular complexity index is 1580. The molecule has 412 valence electrons. The molecule has 0 aliphatic carbocycles. The predicted molar refractivity (Wildman–Crippen MR) is 297 cm³/mol. The summed E-state index contributed by atoms with van der Waals surface area (Å²) in [6, 6.07) is 0. The Hall–Kier alpha value is -3.60. The van der Waals surface area contributed by atoms with Crippen LogP contribution in [-0.4, -0.2) is 66.5 Å². The van der Waals surface area contributed by atoms with Gasteiger partial charge in [-0.2, -0.15) is 0 Å². The zero-order valence-electron chi connectivity index (χ0n) is 45.4. The molecular weight excluding hydrogens is 928 g/mol. The van der Waals surface area contributed by atoms with Crippen molar-refractivity contribution in [3.05, 3.63) is 97.2 Å². The van der Waals surface area contributed by atoms with Crippen LogP contribution in [0.3, 0.4) is 0 Å². The number of ether oxygens (including phenoxy) is 3. The Balaban J connectivity index is 4.83. The van der Waals surface area contributed by atoms with E-state index in [4.69, 9.17) is 23.3 Å². The molecule has 0 fully saturated rings. The lowest BCUT2D eigenvalue weighted by Gasteiger charge is -2.21. The zero-order chi connectivity index (χ0) is 52.7. The number of phosphoric ester groups is 1. The van der Waals surface area contributed by atoms with Crippen molar-refractivity contribution >= 4 is 25.7 Å². The molecule has 0 aromatic heterocycles. The molecule has 3 unspecified atom stereocenters. The first-order valence-corrected chi connectivity index (χ1v) is 29.6. The molecule has 72 heavy (non-hydrogen) atoms. The Kier molecular flexibility index (Phi) is 51.0. The van der Waals surface area contributed by atoms with Crippen molar-refractivity contribution in [3.63, 3.8) is 0 Å². The van der Waals surface area contributed by atoms with E-state index in [1.807, 2.05) is 12.2 Å². The van der Waals surface area contributed by atoms with Crippen molar-refractivity contribution in [1.29, 1.82) is 0 Å². The number of rotatable bonds is 51. The summed E-state index contributed by atoms with van der Waals surface area (Å²) in [5, 5.41) is 9.77. The molecule has 0 amide bonds. The van der Waals surface area contributed by atoms with Crippen LogP contribution >= 0.6 is 7.82 Å². The van der Waals surface area contributed by atoms with Gasteiger partial charge in [-0.15, -0.1) is 0 Å². The highest BCUT2D eigenvalue weighted by Crippen LogP contribution is 2.43. The monoisotopic (exact) mass is 1030 g/mol. The van der Waals surface area contributed by atoms with Gasteiger partial charge in [0.1, 0.15) is 12.7 Å². The van der Waals surface area contributed by atoms with E-state index in [1.54, 1.807) is 0 Å². The van der Waals surface area contributed by atoms with E-state index in [-0.39, 0.29) is 25.9 Å². The van der Waals surface area contributed by atoms with Crippen molar-refractivity contribution in [1.82, 2.24) is 0 Å². The third-order valence-electron chi connectivity index (χ3n) is 11.5. The number of esters is 3. The van der Waals surface area contributed by atoms with Gasteiger partial charge in [0, 0.05) is 19.3 Å². The van der Waals surface area contributed by atoms with E-state index in [9.17, 15) is 28.9 Å². The number of carbonyl (C=O) groups excluding carboxylic acids is 3. The van der Waals surface area contributed by atoms with Crippen LogP contribution < -0.4 is 0 Å². The van der Waals surface area contributed by atoms with E-state index in [2.05, 4.69) is 106 Å². The van der Waals surface area contributed by atoms with Gasteiger partial charge in [0.05, 0.1) is 19.8 Å². The minimum atomic E-state index is -4.76. The van der Waals surface area contributed by atoms with Crippen LogP contribution in [0.5, 0.6) is 0 Å². The van der Waals surface area contributed by atoms with Crippen LogP contribution in [0.2, 0.25) is 0 Å². The minimum absolute atomic E-state index is 0.0830. The third kappa shape index (κ3) is 51.3.